The molecule has 2 N–H and O–H groups in total. The van der Waals surface area contributed by atoms with Gasteiger partial charge in [-0.3, -0.25) is 4.98 Å². The highest BCUT2D eigenvalue weighted by Crippen LogP contribution is 2.20. The van der Waals surface area contributed by atoms with Crippen molar-refractivity contribution in [2.24, 2.45) is 0 Å². The van der Waals surface area contributed by atoms with Crippen molar-refractivity contribution in [2.45, 2.75) is 27.3 Å². The molecule has 0 fully saturated rings. The summed E-state index contributed by atoms with van der Waals surface area (Å²) in [6.45, 7) is 6.60. The van der Waals surface area contributed by atoms with Crippen LogP contribution >= 0.6 is 0 Å². The van der Waals surface area contributed by atoms with Crippen LogP contribution < -0.4 is 10.6 Å². The predicted octanol–water partition coefficient (Wildman–Crippen LogP) is 2.45. The van der Waals surface area contributed by atoms with Gasteiger partial charge in [-0.05, 0) is 32.4 Å². The molecule has 0 radical (unpaired) electrons. The van der Waals surface area contributed by atoms with Crippen LogP contribution in [0.25, 0.3) is 0 Å². The van der Waals surface area contributed by atoms with E-state index >= 15 is 0 Å². The molecular formula is C14H19N5. The van der Waals surface area contributed by atoms with Crippen molar-refractivity contribution in [1.82, 2.24) is 15.0 Å². The summed E-state index contributed by atoms with van der Waals surface area (Å²) in [5.41, 5.74) is 3.22. The van der Waals surface area contributed by atoms with E-state index in [0.29, 0.717) is 6.54 Å². The summed E-state index contributed by atoms with van der Waals surface area (Å²) >= 11 is 0. The van der Waals surface area contributed by atoms with Gasteiger partial charge in [0.25, 0.3) is 0 Å². The third-order valence-electron chi connectivity index (χ3n) is 3.04. The summed E-state index contributed by atoms with van der Waals surface area (Å²) in [5, 5.41) is 6.41. The highest BCUT2D eigenvalue weighted by Gasteiger charge is 2.08. The Kier molecular flexibility index (Phi) is 3.94. The Morgan fingerprint density at radius 1 is 1.11 bits per heavy atom. The lowest BCUT2D eigenvalue weighted by atomic mass is 10.2. The average molecular weight is 257 g/mol. The van der Waals surface area contributed by atoms with Crippen molar-refractivity contribution in [2.75, 3.05) is 17.7 Å². The number of aryl methyl sites for hydroxylation is 2. The minimum atomic E-state index is 0.660. The van der Waals surface area contributed by atoms with Crippen LogP contribution in [-0.2, 0) is 6.54 Å². The van der Waals surface area contributed by atoms with Gasteiger partial charge in [0.15, 0.2) is 0 Å². The second-order valence-corrected chi connectivity index (χ2v) is 4.46. The van der Waals surface area contributed by atoms with E-state index in [1.807, 2.05) is 27.0 Å². The van der Waals surface area contributed by atoms with Crippen molar-refractivity contribution in [3.8, 4) is 0 Å². The molecule has 0 aliphatic heterocycles. The zero-order valence-corrected chi connectivity index (χ0v) is 11.8. The van der Waals surface area contributed by atoms with E-state index in [9.17, 15) is 0 Å². The van der Waals surface area contributed by atoms with Crippen LogP contribution in [0.15, 0.2) is 18.3 Å². The monoisotopic (exact) mass is 257 g/mol. The Morgan fingerprint density at radius 2 is 1.84 bits per heavy atom. The van der Waals surface area contributed by atoms with Gasteiger partial charge in [0, 0.05) is 18.8 Å². The molecule has 0 aliphatic rings. The van der Waals surface area contributed by atoms with Gasteiger partial charge in [0.1, 0.15) is 17.5 Å². The van der Waals surface area contributed by atoms with Crippen LogP contribution in [0.4, 0.5) is 11.6 Å². The largest absolute Gasteiger partial charge is 0.373 e. The fourth-order valence-corrected chi connectivity index (χ4v) is 1.91. The van der Waals surface area contributed by atoms with Crippen LogP contribution in [0.1, 0.15) is 22.6 Å². The zero-order chi connectivity index (χ0) is 13.8. The molecule has 0 saturated heterocycles. The standard InChI is InChI=1S/C14H19N5/c1-9-6-5-7-16-12(9)8-17-14-10(2)13(15-4)18-11(3)19-14/h5-7H,8H2,1-4H3,(H2,15,17,18,19). The summed E-state index contributed by atoms with van der Waals surface area (Å²) in [6, 6.07) is 4.00. The van der Waals surface area contributed by atoms with Gasteiger partial charge in [0.2, 0.25) is 0 Å². The molecule has 2 rings (SSSR count). The Hall–Kier alpha value is -2.17. The first kappa shape index (κ1) is 13.3. The number of hydrogen-bond donors (Lipinski definition) is 2. The Morgan fingerprint density at radius 3 is 2.53 bits per heavy atom. The first-order valence-electron chi connectivity index (χ1n) is 6.29. The first-order chi connectivity index (χ1) is 9.11. The number of nitrogens with zero attached hydrogens (tertiary/aromatic N) is 3. The van der Waals surface area contributed by atoms with Gasteiger partial charge in [0.05, 0.1) is 12.2 Å². The number of hydrogen-bond acceptors (Lipinski definition) is 5. The molecule has 0 saturated carbocycles. The van der Waals surface area contributed by atoms with Gasteiger partial charge < -0.3 is 10.6 Å². The van der Waals surface area contributed by atoms with Gasteiger partial charge in [-0.25, -0.2) is 9.97 Å². The van der Waals surface area contributed by atoms with E-state index in [4.69, 9.17) is 0 Å². The Labute approximate surface area is 113 Å². The number of aromatic nitrogens is 3. The normalized spacial score (nSPS) is 10.3. The minimum Gasteiger partial charge on any atom is -0.373 e. The number of anilines is 2. The number of pyridine rings is 1. The third-order valence-corrected chi connectivity index (χ3v) is 3.04. The molecule has 0 amide bonds. The SMILES string of the molecule is CNc1nc(C)nc(NCc2ncccc2C)c1C. The first-order valence-corrected chi connectivity index (χ1v) is 6.29. The van der Waals surface area contributed by atoms with E-state index in [1.54, 1.807) is 6.20 Å². The third kappa shape index (κ3) is 2.99. The average Bonchev–Trinajstić information content (AvgIpc) is 2.41. The van der Waals surface area contributed by atoms with Crippen molar-refractivity contribution in [1.29, 1.82) is 0 Å². The highest BCUT2D eigenvalue weighted by molar-refractivity contribution is 5.57. The van der Waals surface area contributed by atoms with Crippen LogP contribution in [0.2, 0.25) is 0 Å². The molecule has 0 aliphatic carbocycles. The van der Waals surface area contributed by atoms with E-state index in [1.165, 1.54) is 5.56 Å². The summed E-state index contributed by atoms with van der Waals surface area (Å²) in [5.74, 6) is 2.45. The summed E-state index contributed by atoms with van der Waals surface area (Å²) < 4.78 is 0. The molecule has 0 atom stereocenters. The maximum atomic E-state index is 4.44. The van der Waals surface area contributed by atoms with E-state index in [0.717, 1.165) is 28.7 Å². The maximum Gasteiger partial charge on any atom is 0.135 e. The van der Waals surface area contributed by atoms with Crippen LogP contribution in [0.3, 0.4) is 0 Å². The molecule has 0 aromatic carbocycles. The van der Waals surface area contributed by atoms with Gasteiger partial charge in [-0.1, -0.05) is 6.07 Å². The number of rotatable bonds is 4. The molecule has 2 aromatic rings. The Bertz CT molecular complexity index is 580. The molecule has 19 heavy (non-hydrogen) atoms. The summed E-state index contributed by atoms with van der Waals surface area (Å²) in [4.78, 5) is 13.1. The molecule has 0 bridgehead atoms. The lowest BCUT2D eigenvalue weighted by molar-refractivity contribution is 0.970. The van der Waals surface area contributed by atoms with Crippen LogP contribution in [-0.4, -0.2) is 22.0 Å². The maximum absolute atomic E-state index is 4.44. The highest BCUT2D eigenvalue weighted by atomic mass is 15.1. The predicted molar refractivity (Wildman–Crippen MR) is 77.4 cm³/mol. The van der Waals surface area contributed by atoms with Crippen molar-refractivity contribution in [3.05, 3.63) is 41.0 Å². The fourth-order valence-electron chi connectivity index (χ4n) is 1.91. The molecular weight excluding hydrogens is 238 g/mol. The van der Waals surface area contributed by atoms with Crippen molar-refractivity contribution >= 4 is 11.6 Å². The summed E-state index contributed by atoms with van der Waals surface area (Å²) in [7, 11) is 1.86. The van der Waals surface area contributed by atoms with Crippen molar-refractivity contribution in [3.63, 3.8) is 0 Å². The van der Waals surface area contributed by atoms with E-state index in [2.05, 4.69) is 38.6 Å². The molecule has 100 valence electrons. The van der Waals surface area contributed by atoms with Crippen LogP contribution in [0.5, 0.6) is 0 Å². The number of nitrogens with one attached hydrogen (secondary N) is 2. The zero-order valence-electron chi connectivity index (χ0n) is 11.8. The summed E-state index contributed by atoms with van der Waals surface area (Å²) in [6.07, 6.45) is 1.81. The Balaban J connectivity index is 2.20. The molecule has 5 nitrogen and oxygen atoms in total. The molecule has 2 heterocycles. The molecule has 0 unspecified atom stereocenters. The van der Waals surface area contributed by atoms with E-state index in [-0.39, 0.29) is 0 Å². The molecule has 2 aromatic heterocycles. The van der Waals surface area contributed by atoms with Gasteiger partial charge in [-0.2, -0.15) is 0 Å². The quantitative estimate of drug-likeness (QED) is 0.881. The van der Waals surface area contributed by atoms with Crippen LogP contribution in [0, 0.1) is 20.8 Å². The lowest BCUT2D eigenvalue weighted by Crippen LogP contribution is -2.09. The smallest absolute Gasteiger partial charge is 0.135 e. The molecule has 0 spiro atoms. The second-order valence-electron chi connectivity index (χ2n) is 4.46. The minimum absolute atomic E-state index is 0.660. The molecule has 5 heteroatoms. The van der Waals surface area contributed by atoms with Crippen molar-refractivity contribution < 1.29 is 0 Å². The van der Waals surface area contributed by atoms with Gasteiger partial charge in [-0.15, -0.1) is 0 Å². The van der Waals surface area contributed by atoms with Gasteiger partial charge >= 0.3 is 0 Å². The topological polar surface area (TPSA) is 62.7 Å². The van der Waals surface area contributed by atoms with E-state index < -0.39 is 0 Å². The lowest BCUT2D eigenvalue weighted by Gasteiger charge is -2.13. The second kappa shape index (κ2) is 5.65. The fraction of sp³-hybridized carbons (Fsp3) is 0.357.